The number of carboxylic acids is 1. The second-order valence-electron chi connectivity index (χ2n) is 3.46. The van der Waals surface area contributed by atoms with Gasteiger partial charge in [0.25, 0.3) is 10.0 Å². The number of carboxylic acid groups (broad SMARTS) is 1. The second-order valence-corrected chi connectivity index (χ2v) is 5.33. The van der Waals surface area contributed by atoms with Crippen LogP contribution in [-0.2, 0) is 14.8 Å². The molecule has 0 saturated heterocycles. The van der Waals surface area contributed by atoms with Gasteiger partial charge in [-0.1, -0.05) is 6.92 Å². The highest BCUT2D eigenvalue weighted by molar-refractivity contribution is 7.89. The Bertz CT molecular complexity index is 569. The Morgan fingerprint density at radius 3 is 2.67 bits per heavy atom. The molecule has 0 saturated carbocycles. The van der Waals surface area contributed by atoms with Crippen LogP contribution >= 0.6 is 0 Å². The van der Waals surface area contributed by atoms with E-state index in [2.05, 4.69) is 0 Å². The van der Waals surface area contributed by atoms with Crippen molar-refractivity contribution >= 4 is 16.0 Å². The molecule has 1 N–H and O–H groups in total. The van der Waals surface area contributed by atoms with Crippen molar-refractivity contribution in [2.24, 2.45) is 0 Å². The summed E-state index contributed by atoms with van der Waals surface area (Å²) in [5, 5.41) is 16.8. The Labute approximate surface area is 104 Å². The molecular weight excluding hydrogens is 260 g/mol. The molecule has 0 aliphatic rings. The van der Waals surface area contributed by atoms with Crippen molar-refractivity contribution in [2.45, 2.75) is 18.4 Å². The number of rotatable bonds is 6. The quantitative estimate of drug-likeness (QED) is 0.813. The minimum absolute atomic E-state index is 0.0667. The van der Waals surface area contributed by atoms with E-state index in [0.29, 0.717) is 6.42 Å². The summed E-state index contributed by atoms with van der Waals surface area (Å²) in [6.45, 7) is 1.16. The maximum atomic E-state index is 12.0. The molecule has 1 rings (SSSR count). The van der Waals surface area contributed by atoms with Crippen LogP contribution in [0, 0.1) is 11.3 Å². The molecule has 18 heavy (non-hydrogen) atoms. The fraction of sp³-hybridized carbons (Fsp3) is 0.400. The number of furan rings is 1. The molecular formula is C10H12N2O5S. The molecule has 0 aliphatic carbocycles. The van der Waals surface area contributed by atoms with Crippen molar-refractivity contribution < 1.29 is 22.7 Å². The largest absolute Gasteiger partial charge is 0.480 e. The third kappa shape index (κ3) is 3.09. The van der Waals surface area contributed by atoms with Gasteiger partial charge in [-0.15, -0.1) is 0 Å². The lowest BCUT2D eigenvalue weighted by molar-refractivity contribution is -0.137. The van der Waals surface area contributed by atoms with Crippen molar-refractivity contribution in [3.63, 3.8) is 0 Å². The van der Waals surface area contributed by atoms with Gasteiger partial charge in [0.15, 0.2) is 0 Å². The Morgan fingerprint density at radius 1 is 1.56 bits per heavy atom. The number of nitrogens with zero attached hydrogens (tertiary/aromatic N) is 2. The summed E-state index contributed by atoms with van der Waals surface area (Å²) in [5.74, 6) is -1.39. The molecule has 1 aromatic heterocycles. The minimum Gasteiger partial charge on any atom is -0.480 e. The van der Waals surface area contributed by atoms with Crippen molar-refractivity contribution in [1.82, 2.24) is 4.31 Å². The van der Waals surface area contributed by atoms with Gasteiger partial charge in [0.1, 0.15) is 12.6 Å². The zero-order valence-corrected chi connectivity index (χ0v) is 10.5. The predicted octanol–water partition coefficient (Wildman–Crippen LogP) is 0.637. The standard InChI is InChI=1S/C10H12N2O5S/c1-2-5-12(7-9(13)14)18(15,16)10-4-3-8(6-11)17-10/h3-4H,2,5,7H2,1H3,(H,13,14). The highest BCUT2D eigenvalue weighted by atomic mass is 32.2. The van der Waals surface area contributed by atoms with Gasteiger partial charge in [0, 0.05) is 6.54 Å². The lowest BCUT2D eigenvalue weighted by Crippen LogP contribution is -2.36. The Balaban J connectivity index is 3.08. The van der Waals surface area contributed by atoms with Crippen LogP contribution in [0.25, 0.3) is 0 Å². The molecule has 0 radical (unpaired) electrons. The van der Waals surface area contributed by atoms with Crippen LogP contribution in [0.15, 0.2) is 21.6 Å². The number of aliphatic carboxylic acids is 1. The van der Waals surface area contributed by atoms with Crippen molar-refractivity contribution in [3.05, 3.63) is 17.9 Å². The van der Waals surface area contributed by atoms with Gasteiger partial charge in [0.05, 0.1) is 0 Å². The van der Waals surface area contributed by atoms with Crippen LogP contribution in [0.4, 0.5) is 0 Å². The molecule has 0 amide bonds. The summed E-state index contributed by atoms with van der Waals surface area (Å²) in [5.41, 5.74) is 0. The number of sulfonamides is 1. The number of nitriles is 1. The SMILES string of the molecule is CCCN(CC(=O)O)S(=O)(=O)c1ccc(C#N)o1. The Hall–Kier alpha value is -1.85. The maximum Gasteiger partial charge on any atom is 0.318 e. The molecule has 0 aromatic carbocycles. The molecule has 0 atom stereocenters. The molecule has 7 nitrogen and oxygen atoms in total. The first kappa shape index (κ1) is 14.2. The minimum atomic E-state index is -4.01. The maximum absolute atomic E-state index is 12.0. The predicted molar refractivity (Wildman–Crippen MR) is 60.1 cm³/mol. The summed E-state index contributed by atoms with van der Waals surface area (Å²) in [4.78, 5) is 10.6. The monoisotopic (exact) mass is 272 g/mol. The summed E-state index contributed by atoms with van der Waals surface area (Å²) in [7, 11) is -4.01. The molecule has 0 aliphatic heterocycles. The van der Waals surface area contributed by atoms with Crippen LogP contribution in [0.2, 0.25) is 0 Å². The highest BCUT2D eigenvalue weighted by Gasteiger charge is 2.28. The fourth-order valence-electron chi connectivity index (χ4n) is 1.33. The van der Waals surface area contributed by atoms with E-state index in [0.717, 1.165) is 10.4 Å². The normalized spacial score (nSPS) is 11.4. The van der Waals surface area contributed by atoms with E-state index in [1.807, 2.05) is 0 Å². The van der Waals surface area contributed by atoms with E-state index < -0.39 is 27.6 Å². The van der Waals surface area contributed by atoms with Gasteiger partial charge in [-0.3, -0.25) is 4.79 Å². The van der Waals surface area contributed by atoms with Crippen LogP contribution in [-0.4, -0.2) is 36.9 Å². The molecule has 0 unspecified atom stereocenters. The Kier molecular flexibility index (Phi) is 4.47. The molecule has 0 fully saturated rings. The summed E-state index contributed by atoms with van der Waals surface area (Å²) < 4.78 is 29.7. The molecule has 98 valence electrons. The summed E-state index contributed by atoms with van der Waals surface area (Å²) in [6, 6.07) is 4.02. The lowest BCUT2D eigenvalue weighted by Gasteiger charge is -2.17. The topological polar surface area (TPSA) is 112 Å². The van der Waals surface area contributed by atoms with E-state index in [9.17, 15) is 13.2 Å². The van der Waals surface area contributed by atoms with Crippen molar-refractivity contribution in [2.75, 3.05) is 13.1 Å². The number of carbonyl (C=O) groups is 1. The van der Waals surface area contributed by atoms with Gasteiger partial charge >= 0.3 is 5.97 Å². The van der Waals surface area contributed by atoms with Crippen molar-refractivity contribution in [3.8, 4) is 6.07 Å². The molecule has 0 bridgehead atoms. The average Bonchev–Trinajstić information content (AvgIpc) is 2.77. The first-order valence-corrected chi connectivity index (χ1v) is 6.57. The zero-order valence-electron chi connectivity index (χ0n) is 9.66. The van der Waals surface area contributed by atoms with Crippen LogP contribution < -0.4 is 0 Å². The number of hydrogen-bond donors (Lipinski definition) is 1. The third-order valence-corrected chi connectivity index (χ3v) is 3.79. The van der Waals surface area contributed by atoms with E-state index in [-0.39, 0.29) is 12.3 Å². The van der Waals surface area contributed by atoms with Gasteiger partial charge in [-0.05, 0) is 18.6 Å². The van der Waals surface area contributed by atoms with Gasteiger partial charge < -0.3 is 9.52 Å². The van der Waals surface area contributed by atoms with Gasteiger partial charge in [0.2, 0.25) is 10.9 Å². The molecule has 0 spiro atoms. The molecule has 1 heterocycles. The lowest BCUT2D eigenvalue weighted by atomic mass is 10.5. The third-order valence-electron chi connectivity index (χ3n) is 2.07. The molecule has 1 aromatic rings. The van der Waals surface area contributed by atoms with E-state index in [1.165, 1.54) is 6.07 Å². The van der Waals surface area contributed by atoms with Crippen LogP contribution in [0.1, 0.15) is 19.1 Å². The molecule has 8 heteroatoms. The van der Waals surface area contributed by atoms with Gasteiger partial charge in [-0.25, -0.2) is 8.42 Å². The smallest absolute Gasteiger partial charge is 0.318 e. The van der Waals surface area contributed by atoms with E-state index in [1.54, 1.807) is 13.0 Å². The van der Waals surface area contributed by atoms with E-state index >= 15 is 0 Å². The first-order valence-electron chi connectivity index (χ1n) is 5.13. The summed E-state index contributed by atoms with van der Waals surface area (Å²) >= 11 is 0. The summed E-state index contributed by atoms with van der Waals surface area (Å²) in [6.07, 6.45) is 0.471. The van der Waals surface area contributed by atoms with Crippen molar-refractivity contribution in [1.29, 1.82) is 5.26 Å². The first-order chi connectivity index (χ1) is 8.41. The highest BCUT2D eigenvalue weighted by Crippen LogP contribution is 2.18. The average molecular weight is 272 g/mol. The zero-order chi connectivity index (χ0) is 13.8. The van der Waals surface area contributed by atoms with Crippen LogP contribution in [0.5, 0.6) is 0 Å². The number of hydrogen-bond acceptors (Lipinski definition) is 5. The second kappa shape index (κ2) is 5.66. The fourth-order valence-corrected chi connectivity index (χ4v) is 2.72. The van der Waals surface area contributed by atoms with Crippen LogP contribution in [0.3, 0.4) is 0 Å². The van der Waals surface area contributed by atoms with E-state index in [4.69, 9.17) is 14.8 Å². The van der Waals surface area contributed by atoms with Gasteiger partial charge in [-0.2, -0.15) is 9.57 Å². The Morgan fingerprint density at radius 2 is 2.22 bits per heavy atom.